The standard InChI is InChI=1S/C15H16O7/c1-8(16)20-11-5-14-13(15(6-11)22-10(3)18)4-12(7-19-14)21-9(2)17/h5-6,12H,4,7H2,1-3H3/t12-/m0/s1. The number of rotatable bonds is 3. The van der Waals surface area contributed by atoms with Crippen LogP contribution in [0.1, 0.15) is 26.3 Å². The zero-order valence-corrected chi connectivity index (χ0v) is 12.5. The van der Waals surface area contributed by atoms with Gasteiger partial charge in [-0.2, -0.15) is 0 Å². The molecule has 1 aromatic rings. The van der Waals surface area contributed by atoms with E-state index in [1.54, 1.807) is 0 Å². The largest absolute Gasteiger partial charge is 0.489 e. The highest BCUT2D eigenvalue weighted by Gasteiger charge is 2.27. The topological polar surface area (TPSA) is 88.1 Å². The molecule has 1 aliphatic heterocycles. The predicted molar refractivity (Wildman–Crippen MR) is 73.8 cm³/mol. The van der Waals surface area contributed by atoms with Crippen LogP contribution in [0.2, 0.25) is 0 Å². The molecule has 0 aromatic heterocycles. The van der Waals surface area contributed by atoms with E-state index >= 15 is 0 Å². The molecule has 0 saturated heterocycles. The van der Waals surface area contributed by atoms with Crippen LogP contribution in [0.5, 0.6) is 17.2 Å². The second-order valence-electron chi connectivity index (χ2n) is 4.83. The van der Waals surface area contributed by atoms with Gasteiger partial charge in [0.2, 0.25) is 0 Å². The van der Waals surface area contributed by atoms with Crippen LogP contribution < -0.4 is 14.2 Å². The van der Waals surface area contributed by atoms with E-state index in [0.29, 0.717) is 17.7 Å². The molecule has 1 atom stereocenters. The van der Waals surface area contributed by atoms with Crippen LogP contribution in [0.25, 0.3) is 0 Å². The second-order valence-corrected chi connectivity index (χ2v) is 4.83. The molecule has 0 bridgehead atoms. The van der Waals surface area contributed by atoms with Gasteiger partial charge in [0.1, 0.15) is 30.0 Å². The van der Waals surface area contributed by atoms with Crippen LogP contribution in [0.15, 0.2) is 12.1 Å². The van der Waals surface area contributed by atoms with Gasteiger partial charge in [0.15, 0.2) is 0 Å². The number of benzene rings is 1. The van der Waals surface area contributed by atoms with Gasteiger partial charge in [0, 0.05) is 44.9 Å². The van der Waals surface area contributed by atoms with Gasteiger partial charge >= 0.3 is 17.9 Å². The Morgan fingerprint density at radius 3 is 2.32 bits per heavy atom. The third kappa shape index (κ3) is 3.97. The maximum absolute atomic E-state index is 11.2. The third-order valence-corrected chi connectivity index (χ3v) is 2.85. The lowest BCUT2D eigenvalue weighted by Gasteiger charge is -2.26. The molecular weight excluding hydrogens is 292 g/mol. The zero-order chi connectivity index (χ0) is 16.3. The van der Waals surface area contributed by atoms with Crippen LogP contribution in [0, 0.1) is 0 Å². The minimum Gasteiger partial charge on any atom is -0.489 e. The first kappa shape index (κ1) is 15.8. The SMILES string of the molecule is CC(=O)Oc1cc2c(c(OC(C)=O)c1)C[C@H](OC(C)=O)CO2. The summed E-state index contributed by atoms with van der Waals surface area (Å²) in [6, 6.07) is 2.97. The second kappa shape index (κ2) is 6.46. The number of esters is 3. The fraction of sp³-hybridized carbons (Fsp3) is 0.400. The Labute approximate surface area is 127 Å². The summed E-state index contributed by atoms with van der Waals surface area (Å²) in [6.07, 6.45) is -0.114. The minimum atomic E-state index is -0.517. The molecule has 0 spiro atoms. The van der Waals surface area contributed by atoms with Crippen molar-refractivity contribution >= 4 is 17.9 Å². The third-order valence-electron chi connectivity index (χ3n) is 2.85. The Bertz CT molecular complexity index is 621. The molecule has 2 rings (SSSR count). The Balaban J connectivity index is 2.34. The molecule has 1 heterocycles. The summed E-state index contributed by atoms with van der Waals surface area (Å²) in [7, 11) is 0. The van der Waals surface area contributed by atoms with Gasteiger partial charge in [-0.15, -0.1) is 0 Å². The predicted octanol–water partition coefficient (Wildman–Crippen LogP) is 1.40. The van der Waals surface area contributed by atoms with Gasteiger partial charge in [-0.25, -0.2) is 0 Å². The van der Waals surface area contributed by atoms with Crippen molar-refractivity contribution in [1.29, 1.82) is 0 Å². The van der Waals surface area contributed by atoms with Crippen LogP contribution in [0.3, 0.4) is 0 Å². The van der Waals surface area contributed by atoms with E-state index < -0.39 is 24.0 Å². The number of hydrogen-bond donors (Lipinski definition) is 0. The Kier molecular flexibility index (Phi) is 4.65. The molecule has 0 amide bonds. The van der Waals surface area contributed by atoms with Crippen molar-refractivity contribution in [2.75, 3.05) is 6.61 Å². The highest BCUT2D eigenvalue weighted by atomic mass is 16.6. The Morgan fingerprint density at radius 2 is 1.73 bits per heavy atom. The smallest absolute Gasteiger partial charge is 0.308 e. The monoisotopic (exact) mass is 308 g/mol. The van der Waals surface area contributed by atoms with Gasteiger partial charge in [0.25, 0.3) is 0 Å². The zero-order valence-electron chi connectivity index (χ0n) is 12.5. The van der Waals surface area contributed by atoms with Crippen molar-refractivity contribution in [3.63, 3.8) is 0 Å². The first-order valence-electron chi connectivity index (χ1n) is 6.69. The Hall–Kier alpha value is -2.57. The van der Waals surface area contributed by atoms with Gasteiger partial charge in [0.05, 0.1) is 0 Å². The number of fused-ring (bicyclic) bond motifs is 1. The molecule has 7 heteroatoms. The molecule has 118 valence electrons. The highest BCUT2D eigenvalue weighted by molar-refractivity contribution is 5.73. The van der Waals surface area contributed by atoms with Gasteiger partial charge in [-0.05, 0) is 0 Å². The van der Waals surface area contributed by atoms with Gasteiger partial charge < -0.3 is 18.9 Å². The summed E-state index contributed by atoms with van der Waals surface area (Å²) in [5.41, 5.74) is 0.587. The summed E-state index contributed by atoms with van der Waals surface area (Å²) in [4.78, 5) is 33.3. The summed E-state index contributed by atoms with van der Waals surface area (Å²) in [6.45, 7) is 4.02. The number of hydrogen-bond acceptors (Lipinski definition) is 7. The molecule has 0 radical (unpaired) electrons. The first-order chi connectivity index (χ1) is 10.3. The Morgan fingerprint density at radius 1 is 1.05 bits per heavy atom. The first-order valence-corrected chi connectivity index (χ1v) is 6.69. The van der Waals surface area contributed by atoms with Crippen LogP contribution in [0.4, 0.5) is 0 Å². The number of carbonyl (C=O) groups excluding carboxylic acids is 3. The lowest BCUT2D eigenvalue weighted by Crippen LogP contribution is -2.30. The van der Waals surface area contributed by atoms with E-state index in [-0.39, 0.29) is 18.1 Å². The minimum absolute atomic E-state index is 0.176. The summed E-state index contributed by atoms with van der Waals surface area (Å²) < 4.78 is 20.8. The van der Waals surface area contributed by atoms with E-state index in [9.17, 15) is 14.4 Å². The van der Waals surface area contributed by atoms with Gasteiger partial charge in [-0.1, -0.05) is 0 Å². The van der Waals surface area contributed by atoms with Crippen molar-refractivity contribution < 1.29 is 33.3 Å². The fourth-order valence-corrected chi connectivity index (χ4v) is 2.18. The van der Waals surface area contributed by atoms with Crippen molar-refractivity contribution in [2.24, 2.45) is 0 Å². The average molecular weight is 308 g/mol. The molecule has 0 fully saturated rings. The van der Waals surface area contributed by atoms with Crippen molar-refractivity contribution in [2.45, 2.75) is 33.3 Å². The summed E-state index contributed by atoms with van der Waals surface area (Å²) >= 11 is 0. The normalized spacial score (nSPS) is 16.0. The quantitative estimate of drug-likeness (QED) is 0.616. The molecule has 1 aliphatic rings. The molecule has 0 unspecified atom stereocenters. The maximum Gasteiger partial charge on any atom is 0.308 e. The van der Waals surface area contributed by atoms with Crippen LogP contribution in [-0.2, 0) is 25.5 Å². The van der Waals surface area contributed by atoms with E-state index in [1.165, 1.54) is 32.9 Å². The van der Waals surface area contributed by atoms with E-state index in [2.05, 4.69) is 0 Å². The summed E-state index contributed by atoms with van der Waals surface area (Å²) in [5, 5.41) is 0. The number of carbonyl (C=O) groups is 3. The van der Waals surface area contributed by atoms with Crippen LogP contribution >= 0.6 is 0 Å². The molecule has 0 N–H and O–H groups in total. The maximum atomic E-state index is 11.2. The lowest BCUT2D eigenvalue weighted by atomic mass is 10.0. The lowest BCUT2D eigenvalue weighted by molar-refractivity contribution is -0.148. The number of ether oxygens (including phenoxy) is 4. The van der Waals surface area contributed by atoms with E-state index in [1.807, 2.05) is 0 Å². The van der Waals surface area contributed by atoms with E-state index in [4.69, 9.17) is 18.9 Å². The fourth-order valence-electron chi connectivity index (χ4n) is 2.18. The van der Waals surface area contributed by atoms with Gasteiger partial charge in [-0.3, -0.25) is 14.4 Å². The summed E-state index contributed by atoms with van der Waals surface area (Å²) in [5.74, 6) is -0.563. The van der Waals surface area contributed by atoms with E-state index in [0.717, 1.165) is 0 Å². The molecule has 0 saturated carbocycles. The average Bonchev–Trinajstić information content (AvgIpc) is 2.37. The van der Waals surface area contributed by atoms with Crippen molar-refractivity contribution in [3.05, 3.63) is 17.7 Å². The molecular formula is C15H16O7. The highest BCUT2D eigenvalue weighted by Crippen LogP contribution is 2.38. The van der Waals surface area contributed by atoms with Crippen molar-refractivity contribution in [1.82, 2.24) is 0 Å². The molecule has 22 heavy (non-hydrogen) atoms. The van der Waals surface area contributed by atoms with Crippen LogP contribution in [-0.4, -0.2) is 30.6 Å². The molecule has 0 aliphatic carbocycles. The molecule has 7 nitrogen and oxygen atoms in total. The van der Waals surface area contributed by atoms with Crippen molar-refractivity contribution in [3.8, 4) is 17.2 Å². The molecule has 1 aromatic carbocycles.